The Morgan fingerprint density at radius 1 is 1.17 bits per heavy atom. The van der Waals surface area contributed by atoms with Crippen molar-refractivity contribution in [1.82, 2.24) is 4.90 Å². The van der Waals surface area contributed by atoms with Gasteiger partial charge in [0.15, 0.2) is 11.5 Å². The van der Waals surface area contributed by atoms with Gasteiger partial charge < -0.3 is 24.4 Å². The third kappa shape index (κ3) is 4.45. The Labute approximate surface area is 169 Å². The quantitative estimate of drug-likeness (QED) is 0.812. The Morgan fingerprint density at radius 3 is 2.69 bits per heavy atom. The summed E-state index contributed by atoms with van der Waals surface area (Å²) >= 11 is 0. The molecule has 0 saturated carbocycles. The number of rotatable bonds is 6. The van der Waals surface area contributed by atoms with Crippen molar-refractivity contribution in [3.8, 4) is 17.2 Å². The van der Waals surface area contributed by atoms with E-state index < -0.39 is 0 Å². The Kier molecular flexibility index (Phi) is 5.29. The van der Waals surface area contributed by atoms with E-state index in [0.29, 0.717) is 30.3 Å². The van der Waals surface area contributed by atoms with Gasteiger partial charge in [-0.05, 0) is 55.8 Å². The monoisotopic (exact) mass is 396 g/mol. The van der Waals surface area contributed by atoms with Gasteiger partial charge in [0, 0.05) is 25.2 Å². The third-order valence-electron chi connectivity index (χ3n) is 4.89. The van der Waals surface area contributed by atoms with Crippen molar-refractivity contribution in [2.24, 2.45) is 5.92 Å². The summed E-state index contributed by atoms with van der Waals surface area (Å²) in [5, 5.41) is 2.89. The number of carbonyl (C=O) groups excluding carboxylic acids is 2. The molecule has 2 aromatic carbocycles. The third-order valence-corrected chi connectivity index (χ3v) is 4.89. The number of hydrogen-bond donors (Lipinski definition) is 1. The molecular weight excluding hydrogens is 372 g/mol. The lowest BCUT2D eigenvalue weighted by atomic mass is 10.1. The summed E-state index contributed by atoms with van der Waals surface area (Å²) in [4.78, 5) is 26.7. The first-order valence-corrected chi connectivity index (χ1v) is 9.72. The number of amides is 2. The molecule has 0 radical (unpaired) electrons. The molecule has 29 heavy (non-hydrogen) atoms. The van der Waals surface area contributed by atoms with Crippen LogP contribution in [0.3, 0.4) is 0 Å². The van der Waals surface area contributed by atoms with E-state index in [1.54, 1.807) is 17.0 Å². The number of carbonyl (C=O) groups is 2. The highest BCUT2D eigenvalue weighted by molar-refractivity contribution is 5.97. The lowest BCUT2D eigenvalue weighted by molar-refractivity contribution is -0.128. The van der Waals surface area contributed by atoms with E-state index in [1.165, 1.54) is 0 Å². The van der Waals surface area contributed by atoms with Crippen LogP contribution in [-0.4, -0.2) is 36.2 Å². The van der Waals surface area contributed by atoms with Gasteiger partial charge in [0.05, 0.1) is 12.0 Å². The first kappa shape index (κ1) is 19.1. The fourth-order valence-corrected chi connectivity index (χ4v) is 3.49. The van der Waals surface area contributed by atoms with Crippen LogP contribution < -0.4 is 19.5 Å². The molecule has 0 aliphatic carbocycles. The molecule has 2 heterocycles. The van der Waals surface area contributed by atoms with E-state index in [-0.39, 0.29) is 37.0 Å². The van der Waals surface area contributed by atoms with Crippen molar-refractivity contribution in [2.45, 2.75) is 32.9 Å². The molecule has 2 amide bonds. The van der Waals surface area contributed by atoms with Gasteiger partial charge in [-0.25, -0.2) is 0 Å². The number of benzene rings is 2. The molecule has 0 bridgehead atoms. The molecule has 4 rings (SSSR count). The zero-order valence-electron chi connectivity index (χ0n) is 16.5. The van der Waals surface area contributed by atoms with Crippen molar-refractivity contribution >= 4 is 17.5 Å². The Bertz CT molecular complexity index is 910. The summed E-state index contributed by atoms with van der Waals surface area (Å²) in [6, 6.07) is 12.9. The van der Waals surface area contributed by atoms with Crippen molar-refractivity contribution in [1.29, 1.82) is 0 Å². The zero-order chi connectivity index (χ0) is 20.4. The average molecular weight is 396 g/mol. The number of hydrogen-bond acceptors (Lipinski definition) is 5. The average Bonchev–Trinajstić information content (AvgIpc) is 3.29. The second-order valence-corrected chi connectivity index (χ2v) is 7.54. The minimum atomic E-state index is -0.372. The molecule has 1 fully saturated rings. The van der Waals surface area contributed by atoms with Gasteiger partial charge in [-0.1, -0.05) is 6.07 Å². The predicted molar refractivity (Wildman–Crippen MR) is 107 cm³/mol. The normalized spacial score (nSPS) is 17.7. The maximum Gasteiger partial charge on any atom is 0.231 e. The Morgan fingerprint density at radius 2 is 1.93 bits per heavy atom. The minimum absolute atomic E-state index is 0.0245. The summed E-state index contributed by atoms with van der Waals surface area (Å²) in [5.74, 6) is 1.61. The van der Waals surface area contributed by atoms with E-state index in [4.69, 9.17) is 14.2 Å². The highest BCUT2D eigenvalue weighted by Gasteiger charge is 2.34. The summed E-state index contributed by atoms with van der Waals surface area (Å²) in [5.41, 5.74) is 1.64. The van der Waals surface area contributed by atoms with E-state index >= 15 is 0 Å². The van der Waals surface area contributed by atoms with Crippen LogP contribution in [0.25, 0.3) is 0 Å². The van der Waals surface area contributed by atoms with Crippen molar-refractivity contribution in [3.05, 3.63) is 48.0 Å². The number of likely N-dealkylation sites (tertiary alicyclic amines) is 1. The molecule has 1 unspecified atom stereocenters. The number of anilines is 1. The zero-order valence-corrected chi connectivity index (χ0v) is 16.5. The molecule has 1 N–H and O–H groups in total. The highest BCUT2D eigenvalue weighted by atomic mass is 16.7. The maximum atomic E-state index is 12.6. The molecule has 2 aliphatic rings. The lowest BCUT2D eigenvalue weighted by Gasteiger charge is -2.17. The molecular formula is C22H24N2O5. The van der Waals surface area contributed by atoms with Gasteiger partial charge in [-0.2, -0.15) is 0 Å². The van der Waals surface area contributed by atoms with E-state index in [0.717, 1.165) is 11.3 Å². The van der Waals surface area contributed by atoms with E-state index in [1.807, 2.05) is 44.2 Å². The number of fused-ring (bicyclic) bond motifs is 1. The maximum absolute atomic E-state index is 12.6. The summed E-state index contributed by atoms with van der Waals surface area (Å²) in [7, 11) is 0. The molecule has 152 valence electrons. The molecule has 7 heteroatoms. The van der Waals surface area contributed by atoms with Crippen LogP contribution in [0.4, 0.5) is 5.69 Å². The molecule has 1 saturated heterocycles. The molecule has 0 spiro atoms. The molecule has 2 aromatic rings. The van der Waals surface area contributed by atoms with Crippen LogP contribution in [0.1, 0.15) is 25.8 Å². The molecule has 0 aromatic heterocycles. The van der Waals surface area contributed by atoms with Crippen LogP contribution in [0.15, 0.2) is 42.5 Å². The van der Waals surface area contributed by atoms with Crippen LogP contribution in [0.5, 0.6) is 17.2 Å². The van der Waals surface area contributed by atoms with Crippen LogP contribution in [0.2, 0.25) is 0 Å². The second-order valence-electron chi connectivity index (χ2n) is 7.54. The van der Waals surface area contributed by atoms with Gasteiger partial charge in [0.2, 0.25) is 18.6 Å². The summed E-state index contributed by atoms with van der Waals surface area (Å²) in [6.07, 6.45) is 0.306. The van der Waals surface area contributed by atoms with Gasteiger partial charge in [-0.3, -0.25) is 9.59 Å². The minimum Gasteiger partial charge on any atom is -0.491 e. The van der Waals surface area contributed by atoms with Crippen LogP contribution >= 0.6 is 0 Å². The predicted octanol–water partition coefficient (Wildman–Crippen LogP) is 3.19. The van der Waals surface area contributed by atoms with Crippen LogP contribution in [-0.2, 0) is 16.1 Å². The van der Waals surface area contributed by atoms with Crippen molar-refractivity contribution in [3.63, 3.8) is 0 Å². The number of nitrogens with zero attached hydrogens (tertiary/aromatic N) is 1. The standard InChI is InChI=1S/C22H24N2O5/c1-14(2)29-18-6-4-17(5-7-18)23-22(26)16-10-21(25)24(12-16)11-15-3-8-19-20(9-15)28-13-27-19/h3-9,14,16H,10-13H2,1-2H3,(H,23,26). The summed E-state index contributed by atoms with van der Waals surface area (Å²) in [6.45, 7) is 4.98. The van der Waals surface area contributed by atoms with Crippen molar-refractivity contribution in [2.75, 3.05) is 18.7 Å². The van der Waals surface area contributed by atoms with Gasteiger partial charge in [0.1, 0.15) is 5.75 Å². The van der Waals surface area contributed by atoms with E-state index in [2.05, 4.69) is 5.32 Å². The topological polar surface area (TPSA) is 77.1 Å². The number of nitrogens with one attached hydrogen (secondary N) is 1. The first-order valence-electron chi connectivity index (χ1n) is 9.72. The van der Waals surface area contributed by atoms with Gasteiger partial charge in [0.25, 0.3) is 0 Å². The number of ether oxygens (including phenoxy) is 3. The van der Waals surface area contributed by atoms with E-state index in [9.17, 15) is 9.59 Å². The summed E-state index contributed by atoms with van der Waals surface area (Å²) < 4.78 is 16.3. The fraction of sp³-hybridized carbons (Fsp3) is 0.364. The second kappa shape index (κ2) is 8.03. The molecule has 2 aliphatic heterocycles. The highest BCUT2D eigenvalue weighted by Crippen LogP contribution is 2.33. The fourth-order valence-electron chi connectivity index (χ4n) is 3.49. The largest absolute Gasteiger partial charge is 0.491 e. The first-order chi connectivity index (χ1) is 14.0. The van der Waals surface area contributed by atoms with Crippen LogP contribution in [0, 0.1) is 5.92 Å². The smallest absolute Gasteiger partial charge is 0.231 e. The van der Waals surface area contributed by atoms with Crippen molar-refractivity contribution < 1.29 is 23.8 Å². The molecule has 1 atom stereocenters. The lowest BCUT2D eigenvalue weighted by Crippen LogP contribution is -2.28. The Hall–Kier alpha value is -3.22. The molecule has 7 nitrogen and oxygen atoms in total. The van der Waals surface area contributed by atoms with Gasteiger partial charge >= 0.3 is 0 Å². The van der Waals surface area contributed by atoms with Gasteiger partial charge in [-0.15, -0.1) is 0 Å². The Balaban J connectivity index is 1.34. The SMILES string of the molecule is CC(C)Oc1ccc(NC(=O)C2CC(=O)N(Cc3ccc4c(c3)OCO4)C2)cc1.